The summed E-state index contributed by atoms with van der Waals surface area (Å²) in [5.74, 6) is 2.99. The van der Waals surface area contributed by atoms with Gasteiger partial charge in [0.1, 0.15) is 0 Å². The highest BCUT2D eigenvalue weighted by atomic mass is 32.2. The first kappa shape index (κ1) is 55.1. The number of carbonyl (C=O) groups is 5. The Bertz CT molecular complexity index is 2150. The van der Waals surface area contributed by atoms with Crippen molar-refractivity contribution in [3.8, 4) is 0 Å². The third-order valence-corrected chi connectivity index (χ3v) is 13.0. The van der Waals surface area contributed by atoms with E-state index in [2.05, 4.69) is 73.3 Å². The highest BCUT2D eigenvalue weighted by Gasteiger charge is 2.50. The lowest BCUT2D eigenvalue weighted by molar-refractivity contribution is -0.136. The van der Waals surface area contributed by atoms with Crippen LogP contribution in [0.1, 0.15) is 124 Å². The van der Waals surface area contributed by atoms with Crippen LogP contribution < -0.4 is 26.8 Å². The number of allylic oxidation sites excluding steroid dienone is 4. The molecule has 18 heteroatoms. The van der Waals surface area contributed by atoms with Crippen LogP contribution in [0.25, 0.3) is 0 Å². The molecule has 5 atom stereocenters. The zero-order chi connectivity index (χ0) is 50.1. The van der Waals surface area contributed by atoms with Crippen LogP contribution in [-0.4, -0.2) is 104 Å². The van der Waals surface area contributed by atoms with Gasteiger partial charge in [0.15, 0.2) is 0 Å². The fourth-order valence-electron chi connectivity index (χ4n) is 8.36. The lowest BCUT2D eigenvalue weighted by atomic mass is 9.97. The molecule has 5 unspecified atom stereocenters. The maximum atomic E-state index is 11.7. The fraction of sp³-hybridized carbons (Fsp3) is 0.620. The van der Waals surface area contributed by atoms with Gasteiger partial charge in [0.2, 0.25) is 23.6 Å². The average Bonchev–Trinajstić information content (AvgIpc) is 3.69. The summed E-state index contributed by atoms with van der Waals surface area (Å²) >= 11 is 1.23. The smallest absolute Gasteiger partial charge is 0.407 e. The summed E-state index contributed by atoms with van der Waals surface area (Å²) in [5, 5.41) is 24.8. The summed E-state index contributed by atoms with van der Waals surface area (Å²) < 4.78 is 7.25. The molecule has 2 aromatic rings. The van der Waals surface area contributed by atoms with E-state index in [9.17, 15) is 24.0 Å². The van der Waals surface area contributed by atoms with Crippen molar-refractivity contribution in [2.75, 3.05) is 19.4 Å². The van der Waals surface area contributed by atoms with Gasteiger partial charge in [0.05, 0.1) is 41.1 Å². The van der Waals surface area contributed by atoms with Gasteiger partial charge in [-0.3, -0.25) is 39.6 Å². The van der Waals surface area contributed by atoms with Crippen molar-refractivity contribution in [1.82, 2.24) is 46.7 Å². The fourth-order valence-corrected chi connectivity index (χ4v) is 9.35. The zero-order valence-electron chi connectivity index (χ0n) is 42.3. The Morgan fingerprint density at radius 2 is 1.50 bits per heavy atom. The SMILES string of the molecule is CC(C)NC(=O)CSC1CC(=O)N(C)C1=O.CC(C)NC(=O)OCC1C2CCc3nnn(C)c3CCC21.CC1=CC(CC(C)C)C=NN1.CC1=CCC(c2ccc(CC(=O)NC(C)C)cc2)=NN1. The summed E-state index contributed by atoms with van der Waals surface area (Å²) in [5.41, 5.74) is 13.7. The molecule has 2 fully saturated rings. The quantitative estimate of drug-likeness (QED) is 0.143. The predicted molar refractivity (Wildman–Crippen MR) is 269 cm³/mol. The van der Waals surface area contributed by atoms with Gasteiger partial charge < -0.3 is 20.7 Å². The number of hydrogen-bond donors (Lipinski definition) is 5. The minimum Gasteiger partial charge on any atom is -0.449 e. The first-order valence-corrected chi connectivity index (χ1v) is 25.1. The number of hydrogen-bond acceptors (Lipinski definition) is 13. The van der Waals surface area contributed by atoms with Crippen LogP contribution >= 0.6 is 11.8 Å². The number of carbonyl (C=O) groups excluding carboxylic acids is 5. The molecule has 0 radical (unpaired) electrons. The number of aryl methyl sites for hydroxylation is 2. The molecular weight excluding hydrogens is 883 g/mol. The van der Waals surface area contributed by atoms with Crippen molar-refractivity contribution >= 4 is 53.4 Å². The van der Waals surface area contributed by atoms with Gasteiger partial charge in [-0.2, -0.15) is 10.2 Å². The van der Waals surface area contributed by atoms with Gasteiger partial charge >= 0.3 is 6.09 Å². The summed E-state index contributed by atoms with van der Waals surface area (Å²) in [6.07, 6.45) is 13.0. The average molecular weight is 960 g/mol. The first-order chi connectivity index (χ1) is 32.2. The van der Waals surface area contributed by atoms with Gasteiger partial charge in [-0.15, -0.1) is 16.9 Å². The topological polar surface area (TPSA) is 213 Å². The van der Waals surface area contributed by atoms with E-state index in [0.717, 1.165) is 76.8 Å². The Morgan fingerprint density at radius 3 is 2.07 bits per heavy atom. The molecule has 0 spiro atoms. The lowest BCUT2D eigenvalue weighted by Gasteiger charge is -2.15. The second-order valence-electron chi connectivity index (χ2n) is 19.5. The predicted octanol–water partition coefficient (Wildman–Crippen LogP) is 6.19. The van der Waals surface area contributed by atoms with Crippen LogP contribution in [0.4, 0.5) is 4.79 Å². The van der Waals surface area contributed by atoms with E-state index in [-0.39, 0.29) is 60.0 Å². The van der Waals surface area contributed by atoms with E-state index >= 15 is 0 Å². The first-order valence-electron chi connectivity index (χ1n) is 24.1. The molecule has 1 aromatic heterocycles. The molecule has 68 heavy (non-hydrogen) atoms. The number of ether oxygens (including phenoxy) is 1. The molecule has 4 heterocycles. The lowest BCUT2D eigenvalue weighted by Crippen LogP contribution is -2.33. The highest BCUT2D eigenvalue weighted by Crippen LogP contribution is 2.52. The van der Waals surface area contributed by atoms with Crippen molar-refractivity contribution in [3.05, 3.63) is 70.3 Å². The van der Waals surface area contributed by atoms with Crippen LogP contribution in [-0.2, 0) is 50.2 Å². The molecule has 0 bridgehead atoms. The normalized spacial score (nSPS) is 21.3. The number of fused-ring (bicyclic) bond motifs is 2. The van der Waals surface area contributed by atoms with Crippen molar-refractivity contribution in [2.45, 2.75) is 144 Å². The number of thioether (sulfide) groups is 1. The second-order valence-corrected chi connectivity index (χ2v) is 20.7. The Kier molecular flexibility index (Phi) is 21.8. The Balaban J connectivity index is 0.000000203. The number of imide groups is 1. The number of aromatic nitrogens is 3. The highest BCUT2D eigenvalue weighted by molar-refractivity contribution is 8.01. The van der Waals surface area contributed by atoms with E-state index < -0.39 is 5.25 Å². The molecule has 2 aliphatic carbocycles. The number of nitrogens with zero attached hydrogens (tertiary/aromatic N) is 6. The molecule has 17 nitrogen and oxygen atoms in total. The number of alkyl carbamates (subject to hydrolysis) is 1. The van der Waals surface area contributed by atoms with Crippen LogP contribution in [0, 0.1) is 29.6 Å². The number of hydrazone groups is 2. The third kappa shape index (κ3) is 18.5. The summed E-state index contributed by atoms with van der Waals surface area (Å²) in [7, 11) is 3.44. The van der Waals surface area contributed by atoms with Gasteiger partial charge in [-0.1, -0.05) is 55.5 Å². The Morgan fingerprint density at radius 1 is 0.853 bits per heavy atom. The minimum atomic E-state index is -0.393. The van der Waals surface area contributed by atoms with Gasteiger partial charge in [-0.25, -0.2) is 4.79 Å². The second kappa shape index (κ2) is 26.9. The van der Waals surface area contributed by atoms with Crippen LogP contribution in [0.15, 0.2) is 58.0 Å². The molecule has 1 saturated heterocycles. The summed E-state index contributed by atoms with van der Waals surface area (Å²) in [6, 6.07) is 8.42. The van der Waals surface area contributed by atoms with Crippen molar-refractivity contribution in [2.24, 2.45) is 46.8 Å². The molecule has 7 rings (SSSR count). The molecule has 5 amide bonds. The molecule has 1 saturated carbocycles. The van der Waals surface area contributed by atoms with E-state index in [0.29, 0.717) is 36.7 Å². The van der Waals surface area contributed by atoms with Crippen LogP contribution in [0.5, 0.6) is 0 Å². The Labute approximate surface area is 408 Å². The maximum Gasteiger partial charge on any atom is 0.407 e. The van der Waals surface area contributed by atoms with Gasteiger partial charge in [0, 0.05) is 68.6 Å². The molecule has 374 valence electrons. The molecule has 3 aliphatic heterocycles. The Hall–Kier alpha value is -5.52. The monoisotopic (exact) mass is 960 g/mol. The number of likely N-dealkylation sites (tertiary alicyclic amines) is 1. The maximum absolute atomic E-state index is 11.7. The summed E-state index contributed by atoms with van der Waals surface area (Å²) in [4.78, 5) is 58.4. The van der Waals surface area contributed by atoms with Crippen LogP contribution in [0.3, 0.4) is 0 Å². The van der Waals surface area contributed by atoms with Crippen molar-refractivity contribution < 1.29 is 28.7 Å². The number of rotatable bonds is 13. The van der Waals surface area contributed by atoms with E-state index in [4.69, 9.17) is 4.74 Å². The largest absolute Gasteiger partial charge is 0.449 e. The van der Waals surface area contributed by atoms with E-state index in [1.54, 1.807) is 0 Å². The zero-order valence-corrected chi connectivity index (χ0v) is 43.2. The standard InChI is InChI=1S/C16H21N3O.C15H24N4O2.C10H16N2O3S.C9H16N2/c1-11(2)17-16(20)10-13-5-7-14(8-6-13)15-9-4-12(3)18-19-15;1-9(2)16-15(20)21-8-12-10-4-6-13-14(7-5-11(10)12)19(3)18-17-13;1-6(2)11-8(13)5-16-7-4-9(14)12(3)10(7)15;1-7(2)4-9-5-8(3)11-10-6-9/h4-8,11,18H,9-10H2,1-3H3,(H,17,20);9-12H,4-8H2,1-3H3,(H,16,20);6-7H,4-5H2,1-3H3,(H,11,13);5-7,9,11H,4H2,1-3H3. The van der Waals surface area contributed by atoms with E-state index in [1.165, 1.54) is 30.9 Å². The number of amides is 5. The van der Waals surface area contributed by atoms with Crippen LogP contribution in [0.2, 0.25) is 0 Å². The minimum absolute atomic E-state index is 0.0583. The summed E-state index contributed by atoms with van der Waals surface area (Å²) in [6.45, 7) is 20.6. The molecular formula is C50H77N11O6S. The number of nitrogens with one attached hydrogen (secondary N) is 5. The van der Waals surface area contributed by atoms with Crippen molar-refractivity contribution in [1.29, 1.82) is 0 Å². The van der Waals surface area contributed by atoms with Crippen molar-refractivity contribution in [3.63, 3.8) is 0 Å². The van der Waals surface area contributed by atoms with E-state index in [1.807, 2.05) is 97.6 Å². The third-order valence-electron chi connectivity index (χ3n) is 11.8. The molecule has 5 N–H and O–H groups in total. The van der Waals surface area contributed by atoms with Gasteiger partial charge in [0.25, 0.3) is 0 Å². The molecule has 1 aromatic carbocycles. The number of benzene rings is 1. The molecule has 5 aliphatic rings. The van der Waals surface area contributed by atoms with Gasteiger partial charge in [-0.05, 0) is 122 Å².